The normalized spacial score (nSPS) is 14.1. The van der Waals surface area contributed by atoms with Crippen LogP contribution in [0.1, 0.15) is 10.5 Å². The number of carbonyl (C=O) groups is 1. The van der Waals surface area contributed by atoms with E-state index in [0.29, 0.717) is 24.7 Å². The fraction of sp³-hybridized carbons (Fsp3) is 0.211. The van der Waals surface area contributed by atoms with Gasteiger partial charge in [0.15, 0.2) is 11.5 Å². The van der Waals surface area contributed by atoms with Crippen molar-refractivity contribution in [3.05, 3.63) is 60.6 Å². The SMILES string of the molecule is O=C(Nc1ccc(S(=O)(=O)Nc2ncccn2)cc1)c1ccc(N2CCOCC2)nn1. The van der Waals surface area contributed by atoms with Gasteiger partial charge in [-0.25, -0.2) is 23.1 Å². The minimum absolute atomic E-state index is 0.00704. The quantitative estimate of drug-likeness (QED) is 0.576. The molecule has 0 atom stereocenters. The first-order chi connectivity index (χ1) is 15.0. The zero-order chi connectivity index (χ0) is 21.7. The van der Waals surface area contributed by atoms with Crippen LogP contribution in [0.15, 0.2) is 59.8 Å². The Bertz CT molecular complexity index is 1130. The Labute approximate surface area is 178 Å². The Hall–Kier alpha value is -3.64. The second-order valence-electron chi connectivity index (χ2n) is 6.53. The number of morpholine rings is 1. The minimum Gasteiger partial charge on any atom is -0.378 e. The largest absolute Gasteiger partial charge is 0.378 e. The van der Waals surface area contributed by atoms with E-state index in [1.807, 2.05) is 4.90 Å². The molecule has 1 saturated heterocycles. The summed E-state index contributed by atoms with van der Waals surface area (Å²) in [5, 5.41) is 10.8. The van der Waals surface area contributed by atoms with Crippen LogP contribution in [0, 0.1) is 0 Å². The van der Waals surface area contributed by atoms with Crippen LogP contribution in [0.4, 0.5) is 17.5 Å². The monoisotopic (exact) mass is 441 g/mol. The van der Waals surface area contributed by atoms with Crippen LogP contribution >= 0.6 is 0 Å². The molecular formula is C19H19N7O4S. The Morgan fingerprint density at radius 1 is 0.968 bits per heavy atom. The minimum atomic E-state index is -3.85. The predicted octanol–water partition coefficient (Wildman–Crippen LogP) is 1.16. The first kappa shape index (κ1) is 20.6. The molecule has 0 saturated carbocycles. The number of hydrogen-bond acceptors (Lipinski definition) is 9. The van der Waals surface area contributed by atoms with Crippen molar-refractivity contribution in [2.45, 2.75) is 4.90 Å². The van der Waals surface area contributed by atoms with Gasteiger partial charge in [0.1, 0.15) is 0 Å². The summed E-state index contributed by atoms with van der Waals surface area (Å²) in [6.45, 7) is 2.70. The summed E-state index contributed by atoms with van der Waals surface area (Å²) in [7, 11) is -3.85. The maximum Gasteiger partial charge on any atom is 0.276 e. The van der Waals surface area contributed by atoms with E-state index in [4.69, 9.17) is 4.74 Å². The molecule has 0 aliphatic carbocycles. The molecule has 1 aliphatic rings. The van der Waals surface area contributed by atoms with E-state index < -0.39 is 15.9 Å². The maximum atomic E-state index is 12.4. The lowest BCUT2D eigenvalue weighted by Crippen LogP contribution is -2.37. The molecule has 1 aromatic carbocycles. The Morgan fingerprint density at radius 2 is 1.68 bits per heavy atom. The molecule has 4 rings (SSSR count). The number of nitrogens with one attached hydrogen (secondary N) is 2. The maximum absolute atomic E-state index is 12.4. The number of amides is 1. The summed E-state index contributed by atoms with van der Waals surface area (Å²) < 4.78 is 32.4. The van der Waals surface area contributed by atoms with E-state index in [1.54, 1.807) is 18.2 Å². The second kappa shape index (κ2) is 9.02. The van der Waals surface area contributed by atoms with Crippen molar-refractivity contribution in [3.63, 3.8) is 0 Å². The number of nitrogens with zero attached hydrogens (tertiary/aromatic N) is 5. The molecular weight excluding hydrogens is 422 g/mol. The van der Waals surface area contributed by atoms with Gasteiger partial charge < -0.3 is 15.0 Å². The third-order valence-electron chi connectivity index (χ3n) is 4.43. The number of aromatic nitrogens is 4. The molecule has 31 heavy (non-hydrogen) atoms. The molecule has 1 aliphatic heterocycles. The van der Waals surface area contributed by atoms with E-state index in [-0.39, 0.29) is 16.5 Å². The van der Waals surface area contributed by atoms with E-state index in [9.17, 15) is 13.2 Å². The topological polar surface area (TPSA) is 139 Å². The molecule has 2 N–H and O–H groups in total. The molecule has 0 radical (unpaired) electrons. The highest BCUT2D eigenvalue weighted by atomic mass is 32.2. The third kappa shape index (κ3) is 5.10. The van der Waals surface area contributed by atoms with Crippen LogP contribution in [0.3, 0.4) is 0 Å². The van der Waals surface area contributed by atoms with Gasteiger partial charge in [-0.05, 0) is 42.5 Å². The lowest BCUT2D eigenvalue weighted by atomic mass is 10.3. The summed E-state index contributed by atoms with van der Waals surface area (Å²) in [6.07, 6.45) is 2.86. The summed E-state index contributed by atoms with van der Waals surface area (Å²) in [5.41, 5.74) is 0.565. The average Bonchev–Trinajstić information content (AvgIpc) is 2.80. The molecule has 0 spiro atoms. The van der Waals surface area contributed by atoms with Gasteiger partial charge in [0, 0.05) is 31.2 Å². The summed E-state index contributed by atoms with van der Waals surface area (Å²) >= 11 is 0. The van der Waals surface area contributed by atoms with E-state index in [0.717, 1.165) is 13.1 Å². The van der Waals surface area contributed by atoms with Crippen LogP contribution in [0.25, 0.3) is 0 Å². The Kier molecular flexibility index (Phi) is 6.00. The highest BCUT2D eigenvalue weighted by molar-refractivity contribution is 7.92. The molecule has 2 aromatic heterocycles. The summed E-state index contributed by atoms with van der Waals surface area (Å²) in [4.78, 5) is 22.1. The molecule has 1 fully saturated rings. The third-order valence-corrected chi connectivity index (χ3v) is 5.78. The van der Waals surface area contributed by atoms with Crippen molar-refractivity contribution in [3.8, 4) is 0 Å². The highest BCUT2D eigenvalue weighted by Gasteiger charge is 2.17. The van der Waals surface area contributed by atoms with Gasteiger partial charge in [0.25, 0.3) is 15.9 Å². The van der Waals surface area contributed by atoms with Crippen LogP contribution in [-0.2, 0) is 14.8 Å². The lowest BCUT2D eigenvalue weighted by molar-refractivity contribution is 0.102. The smallest absolute Gasteiger partial charge is 0.276 e. The number of sulfonamides is 1. The average molecular weight is 441 g/mol. The van der Waals surface area contributed by atoms with Gasteiger partial charge in [0.05, 0.1) is 18.1 Å². The fourth-order valence-corrected chi connectivity index (χ4v) is 3.81. The Balaban J connectivity index is 1.39. The van der Waals surface area contributed by atoms with Gasteiger partial charge >= 0.3 is 0 Å². The molecule has 1 amide bonds. The molecule has 3 heterocycles. The van der Waals surface area contributed by atoms with Crippen molar-refractivity contribution >= 4 is 33.4 Å². The van der Waals surface area contributed by atoms with Crippen molar-refractivity contribution in [1.82, 2.24) is 20.2 Å². The van der Waals surface area contributed by atoms with Crippen molar-refractivity contribution in [2.24, 2.45) is 0 Å². The zero-order valence-corrected chi connectivity index (χ0v) is 17.1. The van der Waals surface area contributed by atoms with E-state index in [1.165, 1.54) is 36.7 Å². The van der Waals surface area contributed by atoms with Crippen molar-refractivity contribution in [2.75, 3.05) is 41.2 Å². The van der Waals surface area contributed by atoms with Crippen molar-refractivity contribution < 1.29 is 17.9 Å². The molecule has 0 bridgehead atoms. The number of rotatable bonds is 6. The van der Waals surface area contributed by atoms with E-state index >= 15 is 0 Å². The number of carbonyl (C=O) groups excluding carboxylic acids is 1. The van der Waals surface area contributed by atoms with Gasteiger partial charge in [0.2, 0.25) is 5.95 Å². The lowest BCUT2D eigenvalue weighted by Gasteiger charge is -2.27. The molecule has 160 valence electrons. The number of ether oxygens (including phenoxy) is 1. The van der Waals surface area contributed by atoms with Crippen LogP contribution in [0.5, 0.6) is 0 Å². The molecule has 11 nitrogen and oxygen atoms in total. The number of benzene rings is 1. The summed E-state index contributed by atoms with van der Waals surface area (Å²) in [5.74, 6) is 0.204. The summed E-state index contributed by atoms with van der Waals surface area (Å²) in [6, 6.07) is 10.6. The first-order valence-corrected chi connectivity index (χ1v) is 10.9. The van der Waals surface area contributed by atoms with Gasteiger partial charge in [-0.1, -0.05) is 0 Å². The number of hydrogen-bond donors (Lipinski definition) is 2. The standard InChI is InChI=1S/C19H19N7O4S/c27-18(16-6-7-17(24-23-16)26-10-12-30-13-11-26)22-14-2-4-15(5-3-14)31(28,29)25-19-20-8-1-9-21-19/h1-9H,10-13H2,(H,22,27)(H,20,21,25). The van der Waals surface area contributed by atoms with Gasteiger partial charge in [-0.3, -0.25) is 4.79 Å². The predicted molar refractivity (Wildman–Crippen MR) is 112 cm³/mol. The second-order valence-corrected chi connectivity index (χ2v) is 8.21. The van der Waals surface area contributed by atoms with Gasteiger partial charge in [-0.15, -0.1) is 10.2 Å². The van der Waals surface area contributed by atoms with Gasteiger partial charge in [-0.2, -0.15) is 0 Å². The molecule has 0 unspecified atom stereocenters. The Morgan fingerprint density at radius 3 is 2.32 bits per heavy atom. The van der Waals surface area contributed by atoms with Crippen LogP contribution < -0.4 is 14.9 Å². The number of anilines is 3. The molecule has 12 heteroatoms. The highest BCUT2D eigenvalue weighted by Crippen LogP contribution is 2.17. The van der Waals surface area contributed by atoms with Crippen LogP contribution in [0.2, 0.25) is 0 Å². The first-order valence-electron chi connectivity index (χ1n) is 9.39. The van der Waals surface area contributed by atoms with Crippen LogP contribution in [-0.4, -0.2) is 60.8 Å². The van der Waals surface area contributed by atoms with Crippen molar-refractivity contribution in [1.29, 1.82) is 0 Å². The zero-order valence-electron chi connectivity index (χ0n) is 16.3. The molecule has 3 aromatic rings. The fourth-order valence-electron chi connectivity index (χ4n) is 2.85. The van der Waals surface area contributed by atoms with E-state index in [2.05, 4.69) is 30.2 Å².